The number of rotatable bonds is 8. The zero-order valence-corrected chi connectivity index (χ0v) is 14.1. The molecule has 2 heterocycles. The van der Waals surface area contributed by atoms with E-state index in [4.69, 9.17) is 4.52 Å². The van der Waals surface area contributed by atoms with Crippen molar-refractivity contribution in [3.05, 3.63) is 11.7 Å². The van der Waals surface area contributed by atoms with Gasteiger partial charge in [-0.05, 0) is 58.7 Å². The van der Waals surface area contributed by atoms with Crippen LogP contribution in [0.2, 0.25) is 0 Å². The fourth-order valence-electron chi connectivity index (χ4n) is 2.95. The van der Waals surface area contributed by atoms with Gasteiger partial charge in [0, 0.05) is 13.0 Å². The number of hydrogen-bond acceptors (Lipinski definition) is 6. The highest BCUT2D eigenvalue weighted by Gasteiger charge is 2.21. The summed E-state index contributed by atoms with van der Waals surface area (Å²) >= 11 is 0. The molecule has 0 aliphatic carbocycles. The third-order valence-corrected chi connectivity index (χ3v) is 4.27. The van der Waals surface area contributed by atoms with E-state index >= 15 is 0 Å². The lowest BCUT2D eigenvalue weighted by Crippen LogP contribution is -2.40. The minimum Gasteiger partial charge on any atom is -0.392 e. The van der Waals surface area contributed by atoms with Crippen LogP contribution in [-0.4, -0.2) is 52.4 Å². The van der Waals surface area contributed by atoms with Crippen LogP contribution in [0.4, 0.5) is 0 Å². The first-order valence-electron chi connectivity index (χ1n) is 8.54. The van der Waals surface area contributed by atoms with E-state index in [1.165, 1.54) is 12.8 Å². The van der Waals surface area contributed by atoms with Gasteiger partial charge >= 0.3 is 0 Å². The first-order valence-corrected chi connectivity index (χ1v) is 8.54. The molecule has 0 amide bonds. The Morgan fingerprint density at radius 1 is 1.36 bits per heavy atom. The maximum absolute atomic E-state index is 9.44. The Labute approximate surface area is 133 Å². The van der Waals surface area contributed by atoms with Crippen LogP contribution in [-0.2, 0) is 6.42 Å². The molecule has 0 radical (unpaired) electrons. The van der Waals surface area contributed by atoms with Crippen molar-refractivity contribution < 1.29 is 9.63 Å². The molecule has 1 aromatic rings. The molecular formula is C16H30N4O2. The Morgan fingerprint density at radius 2 is 2.09 bits per heavy atom. The summed E-state index contributed by atoms with van der Waals surface area (Å²) in [5.41, 5.74) is 0. The van der Waals surface area contributed by atoms with Crippen molar-refractivity contribution in [1.82, 2.24) is 20.4 Å². The van der Waals surface area contributed by atoms with Crippen molar-refractivity contribution in [1.29, 1.82) is 0 Å². The largest absolute Gasteiger partial charge is 0.392 e. The second kappa shape index (κ2) is 8.60. The van der Waals surface area contributed by atoms with Crippen molar-refractivity contribution in [3.8, 4) is 0 Å². The molecule has 6 heteroatoms. The van der Waals surface area contributed by atoms with Gasteiger partial charge in [-0.2, -0.15) is 4.98 Å². The monoisotopic (exact) mass is 310 g/mol. The van der Waals surface area contributed by atoms with Crippen LogP contribution in [0.1, 0.15) is 57.8 Å². The maximum atomic E-state index is 9.44. The predicted octanol–water partition coefficient (Wildman–Crippen LogP) is 1.77. The molecule has 0 saturated carbocycles. The summed E-state index contributed by atoms with van der Waals surface area (Å²) < 4.78 is 5.32. The van der Waals surface area contributed by atoms with E-state index in [9.17, 15) is 5.11 Å². The molecule has 22 heavy (non-hydrogen) atoms. The Morgan fingerprint density at radius 3 is 2.73 bits per heavy atom. The molecule has 126 valence electrons. The topological polar surface area (TPSA) is 74.4 Å². The summed E-state index contributed by atoms with van der Waals surface area (Å²) in [6.07, 6.45) is 4.03. The molecule has 0 spiro atoms. The van der Waals surface area contributed by atoms with Gasteiger partial charge in [0.2, 0.25) is 5.89 Å². The van der Waals surface area contributed by atoms with Gasteiger partial charge < -0.3 is 19.8 Å². The van der Waals surface area contributed by atoms with E-state index in [2.05, 4.69) is 34.2 Å². The fraction of sp³-hybridized carbons (Fsp3) is 0.875. The van der Waals surface area contributed by atoms with Crippen LogP contribution in [0.15, 0.2) is 4.52 Å². The number of aryl methyl sites for hydroxylation is 1. The molecule has 0 bridgehead atoms. The zero-order chi connectivity index (χ0) is 15.9. The fourth-order valence-corrected chi connectivity index (χ4v) is 2.95. The van der Waals surface area contributed by atoms with Crippen molar-refractivity contribution in [2.45, 2.75) is 58.6 Å². The number of aliphatic hydroxyl groups excluding tert-OH is 1. The van der Waals surface area contributed by atoms with E-state index in [1.54, 1.807) is 0 Å². The summed E-state index contributed by atoms with van der Waals surface area (Å²) in [5, 5.41) is 17.0. The maximum Gasteiger partial charge on any atom is 0.243 e. The second-order valence-corrected chi connectivity index (χ2v) is 6.52. The third-order valence-electron chi connectivity index (χ3n) is 4.27. The molecule has 1 aliphatic rings. The zero-order valence-electron chi connectivity index (χ0n) is 14.1. The van der Waals surface area contributed by atoms with Crippen LogP contribution >= 0.6 is 0 Å². The van der Waals surface area contributed by atoms with Crippen molar-refractivity contribution in [3.63, 3.8) is 0 Å². The van der Waals surface area contributed by atoms with Gasteiger partial charge in [-0.15, -0.1) is 0 Å². The summed E-state index contributed by atoms with van der Waals surface area (Å²) in [5.74, 6) is 2.18. The molecule has 2 atom stereocenters. The molecule has 2 N–H and O–H groups in total. The van der Waals surface area contributed by atoms with E-state index in [1.807, 2.05) is 6.92 Å². The van der Waals surface area contributed by atoms with Crippen molar-refractivity contribution in [2.75, 3.05) is 26.2 Å². The standard InChI is InChI=1S/C16H30N4O2/c1-4-5-15-18-16(22-19-15)13(3)17-10-14-6-8-20(9-7-14)11-12(2)21/h12-14,17,21H,4-11H2,1-3H3. The Hall–Kier alpha value is -0.980. The summed E-state index contributed by atoms with van der Waals surface area (Å²) in [6, 6.07) is 0.105. The van der Waals surface area contributed by atoms with Crippen LogP contribution < -0.4 is 5.32 Å². The average Bonchev–Trinajstić information content (AvgIpc) is 2.95. The van der Waals surface area contributed by atoms with Gasteiger partial charge in [0.1, 0.15) is 0 Å². The Balaban J connectivity index is 1.69. The Kier molecular flexibility index (Phi) is 6.79. The number of nitrogens with zero attached hydrogens (tertiary/aromatic N) is 3. The number of likely N-dealkylation sites (tertiary alicyclic amines) is 1. The number of β-amino-alcohol motifs (C(OH)–C–C–N with tert-alkyl or cyclic N) is 1. The van der Waals surface area contributed by atoms with E-state index in [0.29, 0.717) is 11.8 Å². The van der Waals surface area contributed by atoms with E-state index in [0.717, 1.165) is 44.8 Å². The first-order chi connectivity index (χ1) is 10.6. The predicted molar refractivity (Wildman–Crippen MR) is 85.6 cm³/mol. The lowest BCUT2D eigenvalue weighted by atomic mass is 9.96. The third kappa shape index (κ3) is 5.34. The summed E-state index contributed by atoms with van der Waals surface area (Å²) in [4.78, 5) is 6.78. The minimum absolute atomic E-state index is 0.105. The number of piperidine rings is 1. The van der Waals surface area contributed by atoms with Gasteiger partial charge in [0.15, 0.2) is 5.82 Å². The summed E-state index contributed by atoms with van der Waals surface area (Å²) in [7, 11) is 0. The van der Waals surface area contributed by atoms with Gasteiger partial charge in [-0.1, -0.05) is 12.1 Å². The van der Waals surface area contributed by atoms with Crippen LogP contribution in [0.5, 0.6) is 0 Å². The van der Waals surface area contributed by atoms with E-state index in [-0.39, 0.29) is 12.1 Å². The number of nitrogens with one attached hydrogen (secondary N) is 1. The highest BCUT2D eigenvalue weighted by molar-refractivity contribution is 4.91. The van der Waals surface area contributed by atoms with Crippen LogP contribution in [0.25, 0.3) is 0 Å². The normalized spacial score (nSPS) is 20.2. The summed E-state index contributed by atoms with van der Waals surface area (Å²) in [6.45, 7) is 9.97. The van der Waals surface area contributed by atoms with Crippen molar-refractivity contribution in [2.24, 2.45) is 5.92 Å². The number of hydrogen-bond donors (Lipinski definition) is 2. The number of aromatic nitrogens is 2. The van der Waals surface area contributed by atoms with E-state index < -0.39 is 0 Å². The van der Waals surface area contributed by atoms with Crippen molar-refractivity contribution >= 4 is 0 Å². The molecule has 2 rings (SSSR count). The molecule has 1 aromatic heterocycles. The molecule has 1 saturated heterocycles. The highest BCUT2D eigenvalue weighted by atomic mass is 16.5. The lowest BCUT2D eigenvalue weighted by molar-refractivity contribution is 0.0991. The second-order valence-electron chi connectivity index (χ2n) is 6.52. The van der Waals surface area contributed by atoms with Crippen LogP contribution in [0.3, 0.4) is 0 Å². The SMILES string of the molecule is CCCc1noc(C(C)NCC2CCN(CC(C)O)CC2)n1. The smallest absolute Gasteiger partial charge is 0.243 e. The lowest BCUT2D eigenvalue weighted by Gasteiger charge is -2.33. The van der Waals surface area contributed by atoms with Crippen LogP contribution in [0, 0.1) is 5.92 Å². The highest BCUT2D eigenvalue weighted by Crippen LogP contribution is 2.18. The molecular weight excluding hydrogens is 280 g/mol. The molecule has 1 fully saturated rings. The first kappa shape index (κ1) is 17.4. The molecule has 6 nitrogen and oxygen atoms in total. The van der Waals surface area contributed by atoms with Gasteiger partial charge in [-0.25, -0.2) is 0 Å². The minimum atomic E-state index is -0.232. The number of aliphatic hydroxyl groups is 1. The van der Waals surface area contributed by atoms with Gasteiger partial charge in [0.25, 0.3) is 0 Å². The van der Waals surface area contributed by atoms with Gasteiger partial charge in [0.05, 0.1) is 12.1 Å². The quantitative estimate of drug-likeness (QED) is 0.762. The Bertz CT molecular complexity index is 428. The average molecular weight is 310 g/mol. The molecule has 2 unspecified atom stereocenters. The van der Waals surface area contributed by atoms with Gasteiger partial charge in [-0.3, -0.25) is 0 Å². The molecule has 1 aliphatic heterocycles. The molecule has 0 aromatic carbocycles.